The van der Waals surface area contributed by atoms with E-state index >= 15 is 0 Å². The molecule has 136 valence electrons. The van der Waals surface area contributed by atoms with E-state index in [9.17, 15) is 0 Å². The molecule has 0 fully saturated rings. The quantitative estimate of drug-likeness (QED) is 0.210. The summed E-state index contributed by atoms with van der Waals surface area (Å²) < 4.78 is 0. The van der Waals surface area contributed by atoms with E-state index in [1.807, 2.05) is 6.08 Å². The van der Waals surface area contributed by atoms with Crippen molar-refractivity contribution in [2.45, 2.75) is 116 Å². The van der Waals surface area contributed by atoms with Gasteiger partial charge >= 0.3 is 0 Å². The second-order valence-electron chi connectivity index (χ2n) is 6.38. The van der Waals surface area contributed by atoms with E-state index in [0.717, 1.165) is 0 Å². The summed E-state index contributed by atoms with van der Waals surface area (Å²) >= 11 is 0. The molecule has 0 aromatic rings. The van der Waals surface area contributed by atoms with Crippen molar-refractivity contribution < 1.29 is 0 Å². The summed E-state index contributed by atoms with van der Waals surface area (Å²) in [5.74, 6) is 0. The highest BCUT2D eigenvalue weighted by Gasteiger charge is 1.94. The van der Waals surface area contributed by atoms with Crippen molar-refractivity contribution >= 4 is 0 Å². The summed E-state index contributed by atoms with van der Waals surface area (Å²) in [6.07, 6.45) is 26.4. The maximum absolute atomic E-state index is 3.77. The van der Waals surface area contributed by atoms with E-state index in [-0.39, 0.29) is 12.3 Å². The Bertz CT molecular complexity index is 181. The van der Waals surface area contributed by atoms with Crippen molar-refractivity contribution in [1.29, 1.82) is 0 Å². The SMILES string of the molecule is C=CCCCCCCCCCCCCCCCCCC.N.N. The van der Waals surface area contributed by atoms with Crippen LogP contribution in [0.5, 0.6) is 0 Å². The van der Waals surface area contributed by atoms with Crippen molar-refractivity contribution in [3.8, 4) is 0 Å². The summed E-state index contributed by atoms with van der Waals surface area (Å²) in [4.78, 5) is 0. The summed E-state index contributed by atoms with van der Waals surface area (Å²) in [7, 11) is 0. The fourth-order valence-electron chi connectivity index (χ4n) is 2.84. The minimum absolute atomic E-state index is 0. The first kappa shape index (κ1) is 26.6. The summed E-state index contributed by atoms with van der Waals surface area (Å²) in [6.45, 7) is 6.06. The van der Waals surface area contributed by atoms with Gasteiger partial charge in [-0.2, -0.15) is 0 Å². The highest BCUT2D eigenvalue weighted by atomic mass is 14.0. The first-order valence-electron chi connectivity index (χ1n) is 9.52. The van der Waals surface area contributed by atoms with Gasteiger partial charge in [-0.25, -0.2) is 0 Å². The number of allylic oxidation sites excluding steroid dienone is 1. The van der Waals surface area contributed by atoms with Gasteiger partial charge in [0.05, 0.1) is 0 Å². The number of unbranched alkanes of at least 4 members (excludes halogenated alkanes) is 16. The normalized spacial score (nSPS) is 9.86. The molecule has 0 bridgehead atoms. The third-order valence-electron chi connectivity index (χ3n) is 4.26. The number of hydrogen-bond acceptors (Lipinski definition) is 2. The van der Waals surface area contributed by atoms with E-state index in [0.29, 0.717) is 0 Å². The first-order valence-corrected chi connectivity index (χ1v) is 9.52. The Labute approximate surface area is 141 Å². The molecule has 0 amide bonds. The fourth-order valence-corrected chi connectivity index (χ4v) is 2.84. The predicted octanol–water partition coefficient (Wildman–Crippen LogP) is 8.15. The molecule has 0 aliphatic rings. The molecule has 0 spiro atoms. The van der Waals surface area contributed by atoms with Crippen molar-refractivity contribution in [3.05, 3.63) is 12.7 Å². The van der Waals surface area contributed by atoms with Crippen LogP contribution in [0.1, 0.15) is 116 Å². The molecule has 0 saturated heterocycles. The molecule has 0 rings (SSSR count). The van der Waals surface area contributed by atoms with Crippen LogP contribution < -0.4 is 12.3 Å². The van der Waals surface area contributed by atoms with Crippen LogP contribution >= 0.6 is 0 Å². The van der Waals surface area contributed by atoms with Gasteiger partial charge in [0.2, 0.25) is 0 Å². The van der Waals surface area contributed by atoms with Gasteiger partial charge in [-0.15, -0.1) is 6.58 Å². The number of rotatable bonds is 17. The van der Waals surface area contributed by atoms with E-state index in [1.54, 1.807) is 0 Å². The fraction of sp³-hybridized carbons (Fsp3) is 0.900. The lowest BCUT2D eigenvalue weighted by molar-refractivity contribution is 0.530. The molecule has 22 heavy (non-hydrogen) atoms. The average molecular weight is 315 g/mol. The molecule has 0 atom stereocenters. The lowest BCUT2D eigenvalue weighted by atomic mass is 10.0. The van der Waals surface area contributed by atoms with Crippen molar-refractivity contribution in [1.82, 2.24) is 12.3 Å². The van der Waals surface area contributed by atoms with Gasteiger partial charge in [0, 0.05) is 0 Å². The lowest BCUT2D eigenvalue weighted by Crippen LogP contribution is -1.83. The van der Waals surface area contributed by atoms with Crippen molar-refractivity contribution in [3.63, 3.8) is 0 Å². The Kier molecular flexibility index (Phi) is 30.9. The van der Waals surface area contributed by atoms with Gasteiger partial charge in [0.15, 0.2) is 0 Å². The monoisotopic (exact) mass is 314 g/mol. The van der Waals surface area contributed by atoms with Gasteiger partial charge in [0.25, 0.3) is 0 Å². The van der Waals surface area contributed by atoms with Crippen LogP contribution in [0.25, 0.3) is 0 Å². The van der Waals surface area contributed by atoms with Crippen molar-refractivity contribution in [2.24, 2.45) is 0 Å². The molecule has 2 nitrogen and oxygen atoms in total. The largest absolute Gasteiger partial charge is 0.344 e. The number of hydrogen-bond donors (Lipinski definition) is 2. The average Bonchev–Trinajstić information content (AvgIpc) is 2.47. The highest BCUT2D eigenvalue weighted by Crippen LogP contribution is 2.13. The second-order valence-corrected chi connectivity index (χ2v) is 6.38. The predicted molar refractivity (Wildman–Crippen MR) is 104 cm³/mol. The Morgan fingerprint density at radius 2 is 0.773 bits per heavy atom. The molecule has 0 aromatic carbocycles. The van der Waals surface area contributed by atoms with E-state index in [2.05, 4.69) is 13.5 Å². The van der Waals surface area contributed by atoms with Crippen LogP contribution in [0.3, 0.4) is 0 Å². The molecule has 0 saturated carbocycles. The molecular formula is C20H46N2. The molecule has 0 aromatic heterocycles. The topological polar surface area (TPSA) is 70.0 Å². The molecule has 0 heterocycles. The molecule has 0 radical (unpaired) electrons. The molecule has 0 aliphatic heterocycles. The van der Waals surface area contributed by atoms with E-state index in [1.165, 1.54) is 109 Å². The Hall–Kier alpha value is -0.340. The van der Waals surface area contributed by atoms with E-state index in [4.69, 9.17) is 0 Å². The Balaban J connectivity index is -0.00000180. The van der Waals surface area contributed by atoms with Crippen LogP contribution in [0.15, 0.2) is 12.7 Å². The second kappa shape index (κ2) is 25.6. The van der Waals surface area contributed by atoms with Gasteiger partial charge in [0.1, 0.15) is 0 Å². The molecule has 0 aliphatic carbocycles. The maximum Gasteiger partial charge on any atom is -0.0353 e. The van der Waals surface area contributed by atoms with Gasteiger partial charge < -0.3 is 12.3 Å². The van der Waals surface area contributed by atoms with Crippen LogP contribution in [0, 0.1) is 0 Å². The zero-order chi connectivity index (χ0) is 14.7. The first-order chi connectivity index (χ1) is 9.91. The van der Waals surface area contributed by atoms with Crippen LogP contribution in [0.4, 0.5) is 0 Å². The Morgan fingerprint density at radius 3 is 1.05 bits per heavy atom. The third kappa shape index (κ3) is 24.7. The smallest absolute Gasteiger partial charge is 0.0353 e. The van der Waals surface area contributed by atoms with Crippen molar-refractivity contribution in [2.75, 3.05) is 0 Å². The molecule has 2 heteroatoms. The molecule has 6 N–H and O–H groups in total. The zero-order valence-corrected chi connectivity index (χ0v) is 15.7. The standard InChI is InChI=1S/C20H40.2H3N/c1-3-5-7-9-11-13-15-17-19-20-18-16-14-12-10-8-6-4-2;;/h3H,1,4-20H2,2H3;2*1H3. The van der Waals surface area contributed by atoms with Crippen LogP contribution in [-0.4, -0.2) is 0 Å². The van der Waals surface area contributed by atoms with Gasteiger partial charge in [-0.1, -0.05) is 109 Å². The minimum Gasteiger partial charge on any atom is -0.344 e. The maximum atomic E-state index is 3.77. The van der Waals surface area contributed by atoms with Gasteiger partial charge in [-0.05, 0) is 12.8 Å². The summed E-state index contributed by atoms with van der Waals surface area (Å²) in [5.41, 5.74) is 0. The van der Waals surface area contributed by atoms with E-state index < -0.39 is 0 Å². The molecular weight excluding hydrogens is 268 g/mol. The van der Waals surface area contributed by atoms with Crippen LogP contribution in [-0.2, 0) is 0 Å². The lowest BCUT2D eigenvalue weighted by Gasteiger charge is -2.03. The summed E-state index contributed by atoms with van der Waals surface area (Å²) in [5, 5.41) is 0. The third-order valence-corrected chi connectivity index (χ3v) is 4.26. The van der Waals surface area contributed by atoms with Crippen LogP contribution in [0.2, 0.25) is 0 Å². The molecule has 0 unspecified atom stereocenters. The minimum atomic E-state index is 0. The summed E-state index contributed by atoms with van der Waals surface area (Å²) in [6, 6.07) is 0. The highest BCUT2D eigenvalue weighted by molar-refractivity contribution is 4.65. The Morgan fingerprint density at radius 1 is 0.500 bits per heavy atom. The zero-order valence-electron chi connectivity index (χ0n) is 15.7. The van der Waals surface area contributed by atoms with Gasteiger partial charge in [-0.3, -0.25) is 0 Å².